The molecule has 4 nitrogen and oxygen atoms in total. The molecule has 0 fully saturated rings. The van der Waals surface area contributed by atoms with Crippen LogP contribution in [0.4, 0.5) is 0 Å². The lowest BCUT2D eigenvalue weighted by molar-refractivity contribution is 0.0687. The quantitative estimate of drug-likeness (QED) is 0.782. The Morgan fingerprint density at radius 2 is 2.00 bits per heavy atom. The van der Waals surface area contributed by atoms with E-state index < -0.39 is 5.54 Å². The van der Waals surface area contributed by atoms with Crippen LogP contribution in [0.1, 0.15) is 35.3 Å². The highest BCUT2D eigenvalue weighted by atomic mass is 16.6. The van der Waals surface area contributed by atoms with E-state index >= 15 is 0 Å². The summed E-state index contributed by atoms with van der Waals surface area (Å²) in [5.41, 5.74) is 2.44. The molecule has 0 heterocycles. The number of hydrogen-bond donors (Lipinski definition) is 2. The number of hydrogen-bond acceptors (Lipinski definition) is 3. The first-order chi connectivity index (χ1) is 7.85. The van der Waals surface area contributed by atoms with Crippen molar-refractivity contribution in [1.82, 2.24) is 5.32 Å². The molecular weight excluding hydrogens is 216 g/mol. The van der Waals surface area contributed by atoms with Gasteiger partial charge in [-0.15, -0.1) is 0 Å². The molecule has 0 aliphatic carbocycles. The van der Waals surface area contributed by atoms with Gasteiger partial charge in [0.05, 0.1) is 12.1 Å². The fraction of sp³-hybridized carbons (Fsp3) is 0.462. The van der Waals surface area contributed by atoms with E-state index in [0.717, 1.165) is 5.56 Å². The van der Waals surface area contributed by atoms with Crippen LogP contribution in [-0.2, 0) is 4.84 Å². The summed E-state index contributed by atoms with van der Waals surface area (Å²) in [6, 6.07) is 5.64. The van der Waals surface area contributed by atoms with Crippen molar-refractivity contribution in [3.05, 3.63) is 34.9 Å². The van der Waals surface area contributed by atoms with Crippen molar-refractivity contribution in [2.24, 2.45) is 5.90 Å². The van der Waals surface area contributed by atoms with Crippen LogP contribution in [0.3, 0.4) is 0 Å². The molecule has 4 heteroatoms. The van der Waals surface area contributed by atoms with Gasteiger partial charge in [0.2, 0.25) is 0 Å². The molecular formula is C13H20N2O2. The van der Waals surface area contributed by atoms with Gasteiger partial charge in [0.25, 0.3) is 5.91 Å². The van der Waals surface area contributed by atoms with Crippen molar-refractivity contribution in [2.75, 3.05) is 6.61 Å². The highest BCUT2D eigenvalue weighted by Gasteiger charge is 2.21. The van der Waals surface area contributed by atoms with Gasteiger partial charge >= 0.3 is 0 Å². The minimum atomic E-state index is -0.482. The van der Waals surface area contributed by atoms with Gasteiger partial charge in [-0.3, -0.25) is 4.79 Å². The van der Waals surface area contributed by atoms with E-state index in [1.54, 1.807) is 0 Å². The number of carbonyl (C=O) groups is 1. The van der Waals surface area contributed by atoms with Crippen LogP contribution in [0.5, 0.6) is 0 Å². The first-order valence-electron chi connectivity index (χ1n) is 5.57. The molecule has 1 rings (SSSR count). The third-order valence-corrected chi connectivity index (χ3v) is 2.67. The fourth-order valence-electron chi connectivity index (χ4n) is 1.51. The normalized spacial score (nSPS) is 11.4. The zero-order chi connectivity index (χ0) is 13.1. The molecule has 94 valence electrons. The number of rotatable bonds is 4. The minimum Gasteiger partial charge on any atom is -0.345 e. The summed E-state index contributed by atoms with van der Waals surface area (Å²) in [6.07, 6.45) is 0. The predicted molar refractivity (Wildman–Crippen MR) is 67.6 cm³/mol. The van der Waals surface area contributed by atoms with Crippen molar-refractivity contribution >= 4 is 5.91 Å². The number of nitrogens with two attached hydrogens (primary N) is 1. The molecule has 0 bridgehead atoms. The standard InChI is InChI=1S/C13H20N2O2/c1-9-5-6-11(7-10(9)2)12(16)15-13(3,4)8-17-14/h5-7H,8,14H2,1-4H3,(H,15,16). The molecule has 0 saturated carbocycles. The minimum absolute atomic E-state index is 0.116. The van der Waals surface area contributed by atoms with Gasteiger partial charge in [0, 0.05) is 5.56 Å². The molecule has 0 atom stereocenters. The molecule has 1 aromatic carbocycles. The molecule has 1 amide bonds. The van der Waals surface area contributed by atoms with Crippen LogP contribution in [0, 0.1) is 13.8 Å². The zero-order valence-corrected chi connectivity index (χ0v) is 10.8. The number of nitrogens with one attached hydrogen (secondary N) is 1. The monoisotopic (exact) mass is 236 g/mol. The molecule has 0 saturated heterocycles. The summed E-state index contributed by atoms with van der Waals surface area (Å²) >= 11 is 0. The van der Waals surface area contributed by atoms with Crippen molar-refractivity contribution in [3.63, 3.8) is 0 Å². The van der Waals surface area contributed by atoms with Crippen LogP contribution in [0.15, 0.2) is 18.2 Å². The second-order valence-corrected chi connectivity index (χ2v) is 4.95. The Balaban J connectivity index is 2.80. The Morgan fingerprint density at radius 3 is 2.53 bits per heavy atom. The molecule has 0 radical (unpaired) electrons. The average Bonchev–Trinajstić information content (AvgIpc) is 2.21. The summed E-state index contributed by atoms with van der Waals surface area (Å²) in [5, 5.41) is 2.88. The summed E-state index contributed by atoms with van der Waals surface area (Å²) < 4.78 is 0. The number of carbonyl (C=O) groups excluding carboxylic acids is 1. The molecule has 17 heavy (non-hydrogen) atoms. The van der Waals surface area contributed by atoms with Gasteiger partial charge < -0.3 is 10.2 Å². The molecule has 3 N–H and O–H groups in total. The zero-order valence-electron chi connectivity index (χ0n) is 10.8. The Bertz CT molecular complexity index is 414. The highest BCUT2D eigenvalue weighted by molar-refractivity contribution is 5.94. The molecule has 0 aromatic heterocycles. The SMILES string of the molecule is Cc1ccc(C(=O)NC(C)(C)CON)cc1C. The summed E-state index contributed by atoms with van der Waals surface area (Å²) in [5.74, 6) is 4.91. The van der Waals surface area contributed by atoms with Crippen molar-refractivity contribution in [2.45, 2.75) is 33.2 Å². The Hall–Kier alpha value is -1.39. The van der Waals surface area contributed by atoms with Gasteiger partial charge in [0.15, 0.2) is 0 Å². The van der Waals surface area contributed by atoms with Crippen LogP contribution < -0.4 is 11.2 Å². The number of benzene rings is 1. The molecule has 0 unspecified atom stereocenters. The van der Waals surface area contributed by atoms with Gasteiger partial charge in [-0.1, -0.05) is 6.07 Å². The predicted octanol–water partition coefficient (Wildman–Crippen LogP) is 1.70. The maximum absolute atomic E-state index is 12.0. The van der Waals surface area contributed by atoms with Crippen LogP contribution >= 0.6 is 0 Å². The van der Waals surface area contributed by atoms with E-state index in [0.29, 0.717) is 5.56 Å². The van der Waals surface area contributed by atoms with Crippen LogP contribution in [-0.4, -0.2) is 18.1 Å². The van der Waals surface area contributed by atoms with E-state index in [1.165, 1.54) is 5.56 Å². The molecule has 0 aliphatic heterocycles. The van der Waals surface area contributed by atoms with Crippen LogP contribution in [0.25, 0.3) is 0 Å². The Labute approximate surface area is 102 Å². The first-order valence-corrected chi connectivity index (χ1v) is 5.57. The van der Waals surface area contributed by atoms with Crippen molar-refractivity contribution in [1.29, 1.82) is 0 Å². The van der Waals surface area contributed by atoms with Gasteiger partial charge in [-0.2, -0.15) is 0 Å². The number of aryl methyl sites for hydroxylation is 2. The lowest BCUT2D eigenvalue weighted by Gasteiger charge is -2.24. The highest BCUT2D eigenvalue weighted by Crippen LogP contribution is 2.11. The fourth-order valence-corrected chi connectivity index (χ4v) is 1.51. The van der Waals surface area contributed by atoms with Gasteiger partial charge in [-0.25, -0.2) is 5.90 Å². The smallest absolute Gasteiger partial charge is 0.251 e. The maximum atomic E-state index is 12.0. The van der Waals surface area contributed by atoms with E-state index in [4.69, 9.17) is 5.90 Å². The van der Waals surface area contributed by atoms with Crippen LogP contribution in [0.2, 0.25) is 0 Å². The Morgan fingerprint density at radius 1 is 1.35 bits per heavy atom. The summed E-state index contributed by atoms with van der Waals surface area (Å²) in [6.45, 7) is 7.99. The van der Waals surface area contributed by atoms with E-state index in [2.05, 4.69) is 10.2 Å². The first kappa shape index (κ1) is 13.7. The largest absolute Gasteiger partial charge is 0.345 e. The average molecular weight is 236 g/mol. The third kappa shape index (κ3) is 3.84. The maximum Gasteiger partial charge on any atom is 0.251 e. The lowest BCUT2D eigenvalue weighted by Crippen LogP contribution is -2.47. The topological polar surface area (TPSA) is 64.3 Å². The Kier molecular flexibility index (Phi) is 4.26. The van der Waals surface area contributed by atoms with Crippen molar-refractivity contribution in [3.8, 4) is 0 Å². The van der Waals surface area contributed by atoms with Gasteiger partial charge in [-0.05, 0) is 51.0 Å². The summed E-state index contributed by atoms with van der Waals surface area (Å²) in [4.78, 5) is 16.6. The second-order valence-electron chi connectivity index (χ2n) is 4.95. The molecule has 0 spiro atoms. The lowest BCUT2D eigenvalue weighted by atomic mass is 10.0. The molecule has 0 aliphatic rings. The number of amides is 1. The van der Waals surface area contributed by atoms with E-state index in [1.807, 2.05) is 45.9 Å². The van der Waals surface area contributed by atoms with Gasteiger partial charge in [0.1, 0.15) is 0 Å². The van der Waals surface area contributed by atoms with E-state index in [9.17, 15) is 4.79 Å². The second kappa shape index (κ2) is 5.29. The van der Waals surface area contributed by atoms with Crippen molar-refractivity contribution < 1.29 is 9.63 Å². The molecule has 1 aromatic rings. The van der Waals surface area contributed by atoms with E-state index in [-0.39, 0.29) is 12.5 Å². The summed E-state index contributed by atoms with van der Waals surface area (Å²) in [7, 11) is 0. The third-order valence-electron chi connectivity index (χ3n) is 2.67.